The van der Waals surface area contributed by atoms with Crippen LogP contribution in [0.3, 0.4) is 0 Å². The predicted molar refractivity (Wildman–Crippen MR) is 203 cm³/mol. The average Bonchev–Trinajstić information content (AvgIpc) is 3.89. The number of nitrogens with one attached hydrogen (secondary N) is 8. The molecule has 3 aliphatic heterocycles. The molecule has 3 rings (SSSR count). The highest BCUT2D eigenvalue weighted by Gasteiger charge is 2.42. The van der Waals surface area contributed by atoms with Crippen molar-refractivity contribution in [3.63, 3.8) is 0 Å². The molecule has 56 heavy (non-hydrogen) atoms. The van der Waals surface area contributed by atoms with Crippen LogP contribution >= 0.6 is 11.8 Å². The number of urea groups is 1. The van der Waals surface area contributed by atoms with Crippen LogP contribution in [0.5, 0.6) is 0 Å². The lowest BCUT2D eigenvalue weighted by Gasteiger charge is -2.28. The van der Waals surface area contributed by atoms with Gasteiger partial charge in [0.1, 0.15) is 12.1 Å². The van der Waals surface area contributed by atoms with Gasteiger partial charge in [0.2, 0.25) is 47.3 Å². The van der Waals surface area contributed by atoms with Gasteiger partial charge in [-0.15, -0.1) is 0 Å². The van der Waals surface area contributed by atoms with Crippen molar-refractivity contribution in [1.29, 1.82) is 0 Å². The van der Waals surface area contributed by atoms with Gasteiger partial charge in [-0.25, -0.2) is 10.3 Å². The van der Waals surface area contributed by atoms with E-state index in [0.29, 0.717) is 56.9 Å². The van der Waals surface area contributed by atoms with Crippen molar-refractivity contribution in [3.05, 3.63) is 0 Å². The number of hydroxylamine groups is 1. The van der Waals surface area contributed by atoms with Gasteiger partial charge in [-0.2, -0.15) is 11.8 Å². The molecule has 10 amide bonds. The van der Waals surface area contributed by atoms with E-state index < -0.39 is 73.1 Å². The second-order valence-electron chi connectivity index (χ2n) is 14.8. The summed E-state index contributed by atoms with van der Waals surface area (Å²) in [6.45, 7) is 3.02. The number of carbonyl (C=O) groups is 9. The number of rotatable bonds is 24. The molecular weight excluding hydrogens is 753 g/mol. The monoisotopic (exact) mass is 810 g/mol. The van der Waals surface area contributed by atoms with Crippen LogP contribution in [-0.2, 0) is 38.4 Å². The number of hydrogen-bond donors (Lipinski definition) is 10. The standard InChI is InChI=1S/C35H58N10O10S/c1-20(2)14-21(15-27(47)44-55)34(53)45-13-7-9-24(45)33(52)40-17-29(49)38-16-28(48)39-18-30(50)41-22(32(36)51)8-5-6-12-37-26(46)11-4-3-10-25-31-23(19-56-25)42-35(54)43-31/h20-25,31,55H,3-19H2,1-2H3,(H2,36,51)(H,37,46)(H,38,49)(H,39,48)(H,40,52)(H,41,50)(H,44,47)(H2,42,43,54)/t21?,22-,23-,24-,25-,31-/m0/s1. The molecule has 0 aromatic rings. The molecule has 3 saturated heterocycles. The highest BCUT2D eigenvalue weighted by Crippen LogP contribution is 2.33. The molecule has 0 aliphatic carbocycles. The highest BCUT2D eigenvalue weighted by atomic mass is 32.2. The molecule has 20 nitrogen and oxygen atoms in total. The molecule has 0 bridgehead atoms. The van der Waals surface area contributed by atoms with Crippen LogP contribution < -0.4 is 48.4 Å². The van der Waals surface area contributed by atoms with Crippen LogP contribution in [0.4, 0.5) is 4.79 Å². The van der Waals surface area contributed by atoms with E-state index in [1.165, 1.54) is 10.4 Å². The molecular formula is C35H58N10O10S. The molecule has 3 fully saturated rings. The number of primary amides is 1. The lowest BCUT2D eigenvalue weighted by Crippen LogP contribution is -2.51. The fourth-order valence-corrected chi connectivity index (χ4v) is 8.55. The molecule has 0 aromatic carbocycles. The van der Waals surface area contributed by atoms with Crippen LogP contribution in [0.1, 0.15) is 84.5 Å². The van der Waals surface area contributed by atoms with Crippen molar-refractivity contribution in [2.75, 3.05) is 38.5 Å². The number of amides is 10. The second-order valence-corrected chi connectivity index (χ2v) is 16.0. The maximum atomic E-state index is 13.2. The zero-order valence-corrected chi connectivity index (χ0v) is 32.9. The summed E-state index contributed by atoms with van der Waals surface area (Å²) in [4.78, 5) is 112. The molecule has 314 valence electrons. The molecule has 0 radical (unpaired) electrons. The summed E-state index contributed by atoms with van der Waals surface area (Å²) in [5, 5.41) is 27.6. The predicted octanol–water partition coefficient (Wildman–Crippen LogP) is -2.13. The molecule has 1 unspecified atom stereocenters. The number of hydrogen-bond acceptors (Lipinski definition) is 11. The molecule has 11 N–H and O–H groups in total. The van der Waals surface area contributed by atoms with Gasteiger partial charge in [-0.3, -0.25) is 43.6 Å². The van der Waals surface area contributed by atoms with Crippen LogP contribution in [0.2, 0.25) is 0 Å². The van der Waals surface area contributed by atoms with E-state index in [-0.39, 0.29) is 48.7 Å². The van der Waals surface area contributed by atoms with Crippen molar-refractivity contribution in [2.24, 2.45) is 17.6 Å². The van der Waals surface area contributed by atoms with Gasteiger partial charge >= 0.3 is 6.03 Å². The van der Waals surface area contributed by atoms with Gasteiger partial charge in [-0.1, -0.05) is 20.3 Å². The zero-order valence-electron chi connectivity index (χ0n) is 32.1. The lowest BCUT2D eigenvalue weighted by atomic mass is 9.92. The summed E-state index contributed by atoms with van der Waals surface area (Å²) in [6.07, 6.45) is 5.26. The number of unbranched alkanes of at least 4 members (excludes halogenated alkanes) is 2. The van der Waals surface area contributed by atoms with Crippen LogP contribution in [0.25, 0.3) is 0 Å². The Morgan fingerprint density at radius 2 is 1.57 bits per heavy atom. The molecule has 0 saturated carbocycles. The summed E-state index contributed by atoms with van der Waals surface area (Å²) < 4.78 is 0. The fraction of sp³-hybridized carbons (Fsp3) is 0.743. The first-order valence-electron chi connectivity index (χ1n) is 19.3. The first-order chi connectivity index (χ1) is 26.7. The Morgan fingerprint density at radius 1 is 0.875 bits per heavy atom. The molecule has 0 aromatic heterocycles. The van der Waals surface area contributed by atoms with Crippen molar-refractivity contribution in [2.45, 2.75) is 114 Å². The SMILES string of the molecule is CC(C)CC(CC(=O)NO)C(=O)N1CCC[C@H]1C(=O)NCC(=O)NCC(=O)NCC(=O)N[C@@H](CCCCNC(=O)CCCC[C@@H]1SC[C@@H]2NC(=O)N[C@@H]21)C(N)=O. The Labute approximate surface area is 330 Å². The van der Waals surface area contributed by atoms with Gasteiger partial charge in [0.15, 0.2) is 0 Å². The van der Waals surface area contributed by atoms with E-state index in [4.69, 9.17) is 10.9 Å². The van der Waals surface area contributed by atoms with Gasteiger partial charge < -0.3 is 47.9 Å². The third kappa shape index (κ3) is 15.5. The molecule has 3 heterocycles. The van der Waals surface area contributed by atoms with E-state index in [2.05, 4.69) is 37.2 Å². The Hall–Kier alpha value is -4.66. The van der Waals surface area contributed by atoms with Crippen molar-refractivity contribution < 1.29 is 48.4 Å². The third-order valence-corrected chi connectivity index (χ3v) is 11.3. The molecule has 21 heteroatoms. The van der Waals surface area contributed by atoms with E-state index in [1.807, 2.05) is 25.6 Å². The first kappa shape index (κ1) is 45.7. The average molecular weight is 811 g/mol. The minimum Gasteiger partial charge on any atom is -0.368 e. The van der Waals surface area contributed by atoms with Crippen molar-refractivity contribution in [3.8, 4) is 0 Å². The maximum absolute atomic E-state index is 13.2. The molecule has 6 atom stereocenters. The number of fused-ring (bicyclic) bond motifs is 1. The second kappa shape index (κ2) is 23.4. The smallest absolute Gasteiger partial charge is 0.315 e. The molecule has 0 spiro atoms. The van der Waals surface area contributed by atoms with E-state index >= 15 is 0 Å². The van der Waals surface area contributed by atoms with Gasteiger partial charge in [-0.05, 0) is 57.3 Å². The zero-order chi connectivity index (χ0) is 41.2. The van der Waals surface area contributed by atoms with Crippen LogP contribution in [0, 0.1) is 11.8 Å². The minimum atomic E-state index is -0.987. The number of carbonyl (C=O) groups excluding carboxylic acids is 9. The summed E-state index contributed by atoms with van der Waals surface area (Å²) in [6, 6.07) is -1.62. The highest BCUT2D eigenvalue weighted by molar-refractivity contribution is 8.00. The van der Waals surface area contributed by atoms with Crippen molar-refractivity contribution >= 4 is 65.1 Å². The maximum Gasteiger partial charge on any atom is 0.315 e. The van der Waals surface area contributed by atoms with E-state index in [0.717, 1.165) is 25.0 Å². The Morgan fingerprint density at radius 3 is 2.25 bits per heavy atom. The topological polar surface area (TPSA) is 299 Å². The van der Waals surface area contributed by atoms with E-state index in [9.17, 15) is 43.2 Å². The number of nitrogens with two attached hydrogens (primary N) is 1. The van der Waals surface area contributed by atoms with Crippen LogP contribution in [-0.4, -0.2) is 131 Å². The normalized spacial score (nSPS) is 20.9. The number of thioether (sulfide) groups is 1. The van der Waals surface area contributed by atoms with Gasteiger partial charge in [0.05, 0.1) is 31.7 Å². The molecule has 3 aliphatic rings. The first-order valence-corrected chi connectivity index (χ1v) is 20.3. The lowest BCUT2D eigenvalue weighted by molar-refractivity contribution is -0.144. The van der Waals surface area contributed by atoms with E-state index in [1.54, 1.807) is 0 Å². The third-order valence-electron chi connectivity index (χ3n) is 9.82. The number of nitrogens with zero attached hydrogens (tertiary/aromatic N) is 1. The Balaban J connectivity index is 1.25. The summed E-state index contributed by atoms with van der Waals surface area (Å²) >= 11 is 1.84. The Kier molecular flexibility index (Phi) is 19.1. The number of likely N-dealkylation sites (tertiary alicyclic amines) is 1. The quantitative estimate of drug-likeness (QED) is 0.0217. The largest absolute Gasteiger partial charge is 0.368 e. The van der Waals surface area contributed by atoms with Crippen LogP contribution in [0.15, 0.2) is 0 Å². The summed E-state index contributed by atoms with van der Waals surface area (Å²) in [5.74, 6) is -4.29. The van der Waals surface area contributed by atoms with Crippen molar-refractivity contribution in [1.82, 2.24) is 47.6 Å². The fourth-order valence-electron chi connectivity index (χ4n) is 7.01. The Bertz CT molecular complexity index is 1430. The minimum absolute atomic E-state index is 0.0710. The van der Waals surface area contributed by atoms with Gasteiger partial charge in [0.25, 0.3) is 0 Å². The van der Waals surface area contributed by atoms with Gasteiger partial charge in [0, 0.05) is 42.9 Å². The summed E-state index contributed by atoms with van der Waals surface area (Å²) in [5.41, 5.74) is 6.98. The summed E-state index contributed by atoms with van der Waals surface area (Å²) in [7, 11) is 0.